The maximum absolute atomic E-state index is 10.3. The molecule has 1 aliphatic carbocycles. The van der Waals surface area contributed by atoms with E-state index in [9.17, 15) is 9.90 Å². The van der Waals surface area contributed by atoms with E-state index in [1.54, 1.807) is 0 Å². The number of nitrogens with one attached hydrogen (secondary N) is 1. The summed E-state index contributed by atoms with van der Waals surface area (Å²) in [7, 11) is 0. The summed E-state index contributed by atoms with van der Waals surface area (Å²) >= 11 is 0. The second kappa shape index (κ2) is 5.36. The van der Waals surface area contributed by atoms with Gasteiger partial charge in [-0.05, 0) is 24.0 Å². The number of aliphatic carboxylic acids is 1. The van der Waals surface area contributed by atoms with Crippen LogP contribution in [0.15, 0.2) is 24.3 Å². The summed E-state index contributed by atoms with van der Waals surface area (Å²) in [6.07, 6.45) is 1.84. The number of hydrogen-bond acceptors (Lipinski definition) is 3. The number of carbonyl (C=O) groups excluding carboxylic acids is 1. The minimum atomic E-state index is -1.04. The topological polar surface area (TPSA) is 52.2 Å². The van der Waals surface area contributed by atoms with E-state index in [4.69, 9.17) is 0 Å². The van der Waals surface area contributed by atoms with Gasteiger partial charge >= 0.3 is 18.9 Å². The van der Waals surface area contributed by atoms with Crippen LogP contribution in [-0.2, 0) is 17.6 Å². The summed E-state index contributed by atoms with van der Waals surface area (Å²) in [6.45, 7) is -0.0569. The summed E-state index contributed by atoms with van der Waals surface area (Å²) in [5, 5.41) is 13.2. The molecular formula is C11H12LiNO2. The molecule has 0 spiro atoms. The van der Waals surface area contributed by atoms with E-state index in [0.717, 1.165) is 12.8 Å². The summed E-state index contributed by atoms with van der Waals surface area (Å²) < 4.78 is 0. The molecule has 0 saturated heterocycles. The Morgan fingerprint density at radius 2 is 1.87 bits per heavy atom. The molecule has 0 unspecified atom stereocenters. The van der Waals surface area contributed by atoms with Crippen LogP contribution in [0.25, 0.3) is 0 Å². The van der Waals surface area contributed by atoms with Crippen molar-refractivity contribution in [3.8, 4) is 0 Å². The molecule has 1 N–H and O–H groups in total. The average molecular weight is 197 g/mol. The van der Waals surface area contributed by atoms with Crippen molar-refractivity contribution in [2.24, 2.45) is 0 Å². The number of rotatable bonds is 3. The van der Waals surface area contributed by atoms with E-state index in [0.29, 0.717) is 0 Å². The van der Waals surface area contributed by atoms with E-state index in [1.807, 2.05) is 12.1 Å². The van der Waals surface area contributed by atoms with Gasteiger partial charge in [0, 0.05) is 12.6 Å². The molecule has 1 aromatic carbocycles. The number of hydrogen-bond donors (Lipinski definition) is 1. The molecular weight excluding hydrogens is 185 g/mol. The summed E-state index contributed by atoms with van der Waals surface area (Å²) in [6, 6.07) is 8.47. The molecule has 1 aliphatic rings. The van der Waals surface area contributed by atoms with Gasteiger partial charge in [-0.1, -0.05) is 24.3 Å². The third-order valence-corrected chi connectivity index (χ3v) is 2.59. The molecule has 1 aromatic rings. The largest absolute Gasteiger partial charge is 1.00 e. The Bertz CT molecular complexity index is 329. The van der Waals surface area contributed by atoms with Crippen molar-refractivity contribution in [3.63, 3.8) is 0 Å². The van der Waals surface area contributed by atoms with Crippen molar-refractivity contribution in [1.82, 2.24) is 5.32 Å². The van der Waals surface area contributed by atoms with Gasteiger partial charge in [-0.2, -0.15) is 0 Å². The summed E-state index contributed by atoms with van der Waals surface area (Å²) in [5.41, 5.74) is 2.65. The van der Waals surface area contributed by atoms with Crippen LogP contribution in [0.1, 0.15) is 11.1 Å². The minimum absolute atomic E-state index is 0. The van der Waals surface area contributed by atoms with Gasteiger partial charge in [0.05, 0.1) is 5.97 Å². The third-order valence-electron chi connectivity index (χ3n) is 2.59. The Balaban J connectivity index is 0.00000112. The van der Waals surface area contributed by atoms with E-state index in [-0.39, 0.29) is 31.4 Å². The Hall–Kier alpha value is -0.753. The SMILES string of the molecule is O=C([O-])CNC1Cc2ccccc2C1.[Li+]. The molecule has 4 heteroatoms. The van der Waals surface area contributed by atoms with Crippen LogP contribution in [0.3, 0.4) is 0 Å². The standard InChI is InChI=1S/C11H13NO2.Li/c13-11(14)7-12-10-5-8-3-1-2-4-9(8)6-10;/h1-4,10,12H,5-7H2,(H,13,14);/q;+1/p-1. The fourth-order valence-corrected chi connectivity index (χ4v) is 1.93. The van der Waals surface area contributed by atoms with Crippen molar-refractivity contribution in [3.05, 3.63) is 35.4 Å². The van der Waals surface area contributed by atoms with Gasteiger partial charge in [-0.15, -0.1) is 0 Å². The van der Waals surface area contributed by atoms with Gasteiger partial charge in [0.1, 0.15) is 0 Å². The molecule has 3 nitrogen and oxygen atoms in total. The first kappa shape index (κ1) is 12.3. The first-order valence-electron chi connectivity index (χ1n) is 4.75. The Morgan fingerprint density at radius 3 is 2.33 bits per heavy atom. The van der Waals surface area contributed by atoms with Gasteiger partial charge < -0.3 is 15.2 Å². The van der Waals surface area contributed by atoms with Crippen molar-refractivity contribution in [2.45, 2.75) is 18.9 Å². The molecule has 0 amide bonds. The van der Waals surface area contributed by atoms with Crippen LogP contribution in [0.4, 0.5) is 0 Å². The van der Waals surface area contributed by atoms with Crippen LogP contribution in [0.2, 0.25) is 0 Å². The zero-order chi connectivity index (χ0) is 9.97. The first-order valence-corrected chi connectivity index (χ1v) is 4.75. The van der Waals surface area contributed by atoms with E-state index in [2.05, 4.69) is 17.4 Å². The molecule has 0 radical (unpaired) electrons. The van der Waals surface area contributed by atoms with Gasteiger partial charge in [0.25, 0.3) is 0 Å². The zero-order valence-corrected chi connectivity index (χ0v) is 8.82. The number of carboxylic acid groups (broad SMARTS) is 1. The van der Waals surface area contributed by atoms with Crippen LogP contribution < -0.4 is 29.3 Å². The molecule has 0 atom stereocenters. The van der Waals surface area contributed by atoms with Crippen LogP contribution in [0.5, 0.6) is 0 Å². The maximum Gasteiger partial charge on any atom is 1.00 e. The maximum atomic E-state index is 10.3. The summed E-state index contributed by atoms with van der Waals surface area (Å²) in [5.74, 6) is -1.04. The number of carboxylic acids is 1. The normalized spacial score (nSPS) is 14.4. The predicted octanol–water partition coefficient (Wildman–Crippen LogP) is -3.50. The van der Waals surface area contributed by atoms with Crippen molar-refractivity contribution >= 4 is 5.97 Å². The predicted molar refractivity (Wildman–Crippen MR) is 50.6 cm³/mol. The van der Waals surface area contributed by atoms with Gasteiger partial charge in [-0.25, -0.2) is 0 Å². The molecule has 74 valence electrons. The average Bonchev–Trinajstić information content (AvgIpc) is 2.57. The summed E-state index contributed by atoms with van der Waals surface area (Å²) in [4.78, 5) is 10.3. The van der Waals surface area contributed by atoms with E-state index in [1.165, 1.54) is 11.1 Å². The second-order valence-corrected chi connectivity index (χ2v) is 3.63. The monoisotopic (exact) mass is 197 g/mol. The van der Waals surface area contributed by atoms with Crippen molar-refractivity contribution in [2.75, 3.05) is 6.54 Å². The molecule has 0 aliphatic heterocycles. The number of benzene rings is 1. The van der Waals surface area contributed by atoms with Gasteiger partial charge in [0.15, 0.2) is 0 Å². The van der Waals surface area contributed by atoms with Crippen LogP contribution in [0, 0.1) is 0 Å². The first-order chi connectivity index (χ1) is 6.75. The number of fused-ring (bicyclic) bond motifs is 1. The Labute approximate surface area is 101 Å². The minimum Gasteiger partial charge on any atom is -0.549 e. The molecule has 0 saturated carbocycles. The third kappa shape index (κ3) is 3.10. The Morgan fingerprint density at radius 1 is 1.33 bits per heavy atom. The fourth-order valence-electron chi connectivity index (χ4n) is 1.93. The van der Waals surface area contributed by atoms with E-state index >= 15 is 0 Å². The molecule has 0 fully saturated rings. The van der Waals surface area contributed by atoms with Gasteiger partial charge in [0.2, 0.25) is 0 Å². The smallest absolute Gasteiger partial charge is 0.549 e. The number of carbonyl (C=O) groups is 1. The quantitative estimate of drug-likeness (QED) is 0.511. The molecule has 15 heavy (non-hydrogen) atoms. The zero-order valence-electron chi connectivity index (χ0n) is 8.82. The molecule has 0 aromatic heterocycles. The van der Waals surface area contributed by atoms with Gasteiger partial charge in [-0.3, -0.25) is 0 Å². The van der Waals surface area contributed by atoms with Crippen LogP contribution in [-0.4, -0.2) is 18.6 Å². The second-order valence-electron chi connectivity index (χ2n) is 3.63. The van der Waals surface area contributed by atoms with Crippen LogP contribution >= 0.6 is 0 Å². The molecule has 0 bridgehead atoms. The molecule has 2 rings (SSSR count). The molecule has 0 heterocycles. The van der Waals surface area contributed by atoms with Crippen molar-refractivity contribution < 1.29 is 28.8 Å². The van der Waals surface area contributed by atoms with E-state index < -0.39 is 5.97 Å². The fraction of sp³-hybridized carbons (Fsp3) is 0.364. The van der Waals surface area contributed by atoms with Crippen molar-refractivity contribution in [1.29, 1.82) is 0 Å². The Kier molecular flexibility index (Phi) is 4.40.